The first-order chi connectivity index (χ1) is 14.7. The maximum atomic E-state index is 13.3. The monoisotopic (exact) mass is 427 g/mol. The minimum atomic E-state index is -0.859. The number of carbonyl (C=O) groups excluding carboxylic acids is 3. The lowest BCUT2D eigenvalue weighted by Gasteiger charge is -2.43. The van der Waals surface area contributed by atoms with E-state index < -0.39 is 11.6 Å². The minimum absolute atomic E-state index is 0.0221. The average molecular weight is 428 g/mol. The molecule has 1 aliphatic carbocycles. The van der Waals surface area contributed by atoms with E-state index in [2.05, 4.69) is 36.0 Å². The van der Waals surface area contributed by atoms with Crippen molar-refractivity contribution in [1.82, 2.24) is 25.0 Å². The highest BCUT2D eigenvalue weighted by molar-refractivity contribution is 6.09. The highest BCUT2D eigenvalue weighted by Gasteiger charge is 2.56. The number of urea groups is 1. The van der Waals surface area contributed by atoms with Crippen LogP contribution in [-0.4, -0.2) is 75.8 Å². The molecule has 3 aliphatic rings. The molecule has 2 atom stereocenters. The topological polar surface area (TPSA) is 85.8 Å². The number of hydrogen-bond acceptors (Lipinski definition) is 5. The molecule has 2 aliphatic heterocycles. The summed E-state index contributed by atoms with van der Waals surface area (Å²) in [6.07, 6.45) is 5.86. The van der Waals surface area contributed by atoms with Gasteiger partial charge in [-0.3, -0.25) is 24.4 Å². The molecule has 8 heteroatoms. The van der Waals surface area contributed by atoms with Crippen LogP contribution in [-0.2, 0) is 16.1 Å². The fourth-order valence-corrected chi connectivity index (χ4v) is 5.79. The summed E-state index contributed by atoms with van der Waals surface area (Å²) >= 11 is 0. The molecule has 4 rings (SSSR count). The van der Waals surface area contributed by atoms with Gasteiger partial charge in [0.1, 0.15) is 12.1 Å². The van der Waals surface area contributed by atoms with E-state index in [9.17, 15) is 14.4 Å². The van der Waals surface area contributed by atoms with E-state index in [1.165, 1.54) is 5.56 Å². The quantitative estimate of drug-likeness (QED) is 0.742. The number of nitrogens with zero attached hydrogens (tertiary/aromatic N) is 4. The van der Waals surface area contributed by atoms with Crippen LogP contribution in [0.1, 0.15) is 45.6 Å². The largest absolute Gasteiger partial charge is 0.339 e. The molecule has 3 heterocycles. The summed E-state index contributed by atoms with van der Waals surface area (Å²) in [5, 5.41) is 2.95. The van der Waals surface area contributed by atoms with E-state index in [1.54, 1.807) is 17.3 Å². The Morgan fingerprint density at radius 2 is 1.81 bits per heavy atom. The number of rotatable bonds is 4. The molecule has 1 aromatic heterocycles. The Kier molecular flexibility index (Phi) is 5.77. The molecule has 8 nitrogen and oxygen atoms in total. The molecule has 4 amide bonds. The molecule has 1 N–H and O–H groups in total. The van der Waals surface area contributed by atoms with Crippen molar-refractivity contribution in [3.8, 4) is 0 Å². The van der Waals surface area contributed by atoms with Crippen LogP contribution in [0.5, 0.6) is 0 Å². The number of nitrogens with one attached hydrogen (secondary N) is 1. The van der Waals surface area contributed by atoms with E-state index in [0.717, 1.165) is 31.0 Å². The third-order valence-corrected chi connectivity index (χ3v) is 6.80. The maximum Gasteiger partial charge on any atom is 0.325 e. The Morgan fingerprint density at radius 3 is 2.45 bits per heavy atom. The zero-order valence-electron chi connectivity index (χ0n) is 18.8. The summed E-state index contributed by atoms with van der Waals surface area (Å²) in [6, 6.07) is 3.57. The molecule has 0 radical (unpaired) electrons. The van der Waals surface area contributed by atoms with Crippen molar-refractivity contribution in [3.63, 3.8) is 0 Å². The molecule has 1 aromatic rings. The molecule has 0 bridgehead atoms. The summed E-state index contributed by atoms with van der Waals surface area (Å²) < 4.78 is 0. The standard InChI is InChI=1S/C23H33N5O3/c1-17-12-22(2,3)16-23(13-17)20(30)28(21(31)25-23)15-19(29)27-10-8-26(9-11-27)14-18-4-6-24-7-5-18/h4-7,17H,8-16H2,1-3H3,(H,25,31)/t17-,23-/m0/s1. The Labute approximate surface area is 184 Å². The Hall–Kier alpha value is -2.48. The van der Waals surface area contributed by atoms with Gasteiger partial charge in [0.15, 0.2) is 0 Å². The van der Waals surface area contributed by atoms with Crippen LogP contribution in [0.2, 0.25) is 0 Å². The van der Waals surface area contributed by atoms with E-state index in [4.69, 9.17) is 0 Å². The van der Waals surface area contributed by atoms with Crippen molar-refractivity contribution in [2.45, 2.75) is 52.1 Å². The van der Waals surface area contributed by atoms with Crippen molar-refractivity contribution in [3.05, 3.63) is 30.1 Å². The van der Waals surface area contributed by atoms with Crippen LogP contribution >= 0.6 is 0 Å². The molecule has 1 spiro atoms. The first-order valence-corrected chi connectivity index (χ1v) is 11.2. The molecule has 31 heavy (non-hydrogen) atoms. The number of amides is 4. The second kappa shape index (κ2) is 8.22. The lowest BCUT2D eigenvalue weighted by Crippen LogP contribution is -2.55. The zero-order chi connectivity index (χ0) is 22.2. The zero-order valence-corrected chi connectivity index (χ0v) is 18.8. The second-order valence-electron chi connectivity index (χ2n) is 10.3. The average Bonchev–Trinajstić information content (AvgIpc) is 2.91. The number of carbonyl (C=O) groups is 3. The summed E-state index contributed by atoms with van der Waals surface area (Å²) in [7, 11) is 0. The summed E-state index contributed by atoms with van der Waals surface area (Å²) in [6.45, 7) is 9.80. The summed E-state index contributed by atoms with van der Waals surface area (Å²) in [5.74, 6) is -0.0499. The molecule has 168 valence electrons. The van der Waals surface area contributed by atoms with Crippen LogP contribution in [0.4, 0.5) is 4.79 Å². The van der Waals surface area contributed by atoms with Gasteiger partial charge < -0.3 is 10.2 Å². The first kappa shape index (κ1) is 21.7. The summed E-state index contributed by atoms with van der Waals surface area (Å²) in [4.78, 5) is 48.1. The number of hydrogen-bond donors (Lipinski definition) is 1. The Balaban J connectivity index is 1.34. The molecule has 1 saturated carbocycles. The van der Waals surface area contributed by atoms with Gasteiger partial charge in [0.05, 0.1) is 0 Å². The van der Waals surface area contributed by atoms with Gasteiger partial charge in [-0.25, -0.2) is 4.79 Å². The van der Waals surface area contributed by atoms with Gasteiger partial charge in [-0.2, -0.15) is 0 Å². The Bertz CT molecular complexity index is 850. The first-order valence-electron chi connectivity index (χ1n) is 11.2. The molecular weight excluding hydrogens is 394 g/mol. The van der Waals surface area contributed by atoms with Crippen LogP contribution in [0.25, 0.3) is 0 Å². The smallest absolute Gasteiger partial charge is 0.325 e. The minimum Gasteiger partial charge on any atom is -0.339 e. The van der Waals surface area contributed by atoms with Gasteiger partial charge in [-0.05, 0) is 48.3 Å². The van der Waals surface area contributed by atoms with Gasteiger partial charge in [0.25, 0.3) is 5.91 Å². The van der Waals surface area contributed by atoms with Gasteiger partial charge >= 0.3 is 6.03 Å². The normalized spacial score (nSPS) is 28.8. The van der Waals surface area contributed by atoms with Crippen molar-refractivity contribution in [2.24, 2.45) is 11.3 Å². The SMILES string of the molecule is C[C@H]1CC(C)(C)C[C@]2(C1)NC(=O)N(CC(=O)N1CCN(Cc3ccncc3)CC1)C2=O. The van der Waals surface area contributed by atoms with Crippen molar-refractivity contribution in [1.29, 1.82) is 0 Å². The number of imide groups is 1. The van der Waals surface area contributed by atoms with Crippen LogP contribution in [0, 0.1) is 11.3 Å². The van der Waals surface area contributed by atoms with Gasteiger partial charge in [-0.15, -0.1) is 0 Å². The number of aromatic nitrogens is 1. The van der Waals surface area contributed by atoms with Crippen LogP contribution in [0.15, 0.2) is 24.5 Å². The maximum absolute atomic E-state index is 13.3. The lowest BCUT2D eigenvalue weighted by molar-refractivity contribution is -0.141. The van der Waals surface area contributed by atoms with Gasteiger partial charge in [0, 0.05) is 45.1 Å². The summed E-state index contributed by atoms with van der Waals surface area (Å²) in [5.41, 5.74) is 0.317. The molecule has 3 fully saturated rings. The van der Waals surface area contributed by atoms with Crippen molar-refractivity contribution >= 4 is 17.8 Å². The van der Waals surface area contributed by atoms with Crippen molar-refractivity contribution < 1.29 is 14.4 Å². The van der Waals surface area contributed by atoms with Crippen molar-refractivity contribution in [2.75, 3.05) is 32.7 Å². The third-order valence-electron chi connectivity index (χ3n) is 6.80. The predicted octanol–water partition coefficient (Wildman–Crippen LogP) is 1.86. The number of pyridine rings is 1. The van der Waals surface area contributed by atoms with Gasteiger partial charge in [-0.1, -0.05) is 20.8 Å². The fraction of sp³-hybridized carbons (Fsp3) is 0.652. The van der Waals surface area contributed by atoms with Gasteiger partial charge in [0.2, 0.25) is 5.91 Å². The van der Waals surface area contributed by atoms with E-state index >= 15 is 0 Å². The van der Waals surface area contributed by atoms with E-state index in [1.807, 2.05) is 12.1 Å². The van der Waals surface area contributed by atoms with E-state index in [-0.39, 0.29) is 23.8 Å². The molecule has 2 saturated heterocycles. The predicted molar refractivity (Wildman–Crippen MR) is 116 cm³/mol. The molecule has 0 unspecified atom stereocenters. The second-order valence-corrected chi connectivity index (χ2v) is 10.3. The third kappa shape index (κ3) is 4.59. The highest BCUT2D eigenvalue weighted by atomic mass is 16.2. The fourth-order valence-electron chi connectivity index (χ4n) is 5.79. The molecular formula is C23H33N5O3. The van der Waals surface area contributed by atoms with E-state index in [0.29, 0.717) is 31.8 Å². The number of piperazine rings is 1. The van der Waals surface area contributed by atoms with Crippen LogP contribution < -0.4 is 5.32 Å². The Morgan fingerprint density at radius 1 is 1.13 bits per heavy atom. The lowest BCUT2D eigenvalue weighted by atomic mass is 9.64. The highest BCUT2D eigenvalue weighted by Crippen LogP contribution is 2.46. The van der Waals surface area contributed by atoms with Crippen LogP contribution in [0.3, 0.4) is 0 Å². The molecule has 0 aromatic carbocycles.